The van der Waals surface area contributed by atoms with Crippen molar-refractivity contribution in [3.63, 3.8) is 0 Å². The van der Waals surface area contributed by atoms with Crippen molar-refractivity contribution in [3.8, 4) is 11.3 Å². The molecule has 7 heterocycles. The van der Waals surface area contributed by atoms with Crippen molar-refractivity contribution in [2.45, 2.75) is 63.7 Å². The van der Waals surface area contributed by atoms with Crippen molar-refractivity contribution in [2.24, 2.45) is 11.7 Å². The first-order chi connectivity index (χ1) is 29.7. The number of pyridine rings is 1. The summed E-state index contributed by atoms with van der Waals surface area (Å²) >= 11 is 6.68. The Morgan fingerprint density at radius 3 is 2.33 bits per heavy atom. The first kappa shape index (κ1) is 40.7. The molecule has 5 aliphatic rings. The van der Waals surface area contributed by atoms with E-state index in [1.54, 1.807) is 0 Å². The summed E-state index contributed by atoms with van der Waals surface area (Å²) in [6.07, 6.45) is 13.2. The van der Waals surface area contributed by atoms with Gasteiger partial charge in [0.25, 0.3) is 5.91 Å². The molecule has 0 radical (unpaired) electrons. The second-order valence-electron chi connectivity index (χ2n) is 16.8. The molecule has 61 heavy (non-hydrogen) atoms. The number of carbonyl (C=O) groups excluding carboxylic acids is 3. The van der Waals surface area contributed by atoms with E-state index >= 15 is 0 Å². The number of anilines is 5. The SMILES string of the molecule is C1CC1.CNc1cc(N2CCc3c(-c4ccc(N5CCN(CCC6CCN(c7ccc(C8CCC(=O)NC8=O)c(Cl)c7)CC6)CC5)cn4)cccc32)nn2c(C(N)=O)cnc12. The van der Waals surface area contributed by atoms with Crippen molar-refractivity contribution >= 4 is 63.5 Å². The van der Waals surface area contributed by atoms with Gasteiger partial charge in [0.15, 0.2) is 11.5 Å². The lowest BCUT2D eigenvalue weighted by Crippen LogP contribution is -2.47. The minimum atomic E-state index is -0.578. The van der Waals surface area contributed by atoms with Crippen molar-refractivity contribution < 1.29 is 14.4 Å². The van der Waals surface area contributed by atoms with E-state index in [1.165, 1.54) is 42.0 Å². The molecule has 2 aromatic carbocycles. The molecule has 3 aromatic heterocycles. The van der Waals surface area contributed by atoms with E-state index < -0.39 is 5.91 Å². The predicted octanol–water partition coefficient (Wildman–Crippen LogP) is 6.40. The number of rotatable bonds is 10. The molecule has 5 aromatic rings. The molecule has 14 nitrogen and oxygen atoms in total. The third-order valence-electron chi connectivity index (χ3n) is 12.8. The highest BCUT2D eigenvalue weighted by Gasteiger charge is 2.31. The number of benzene rings is 2. The molecule has 1 atom stereocenters. The average molecular weight is 844 g/mol. The fourth-order valence-corrected chi connectivity index (χ4v) is 9.45. The molecule has 318 valence electrons. The summed E-state index contributed by atoms with van der Waals surface area (Å²) in [7, 11) is 1.82. The number of hydrogen-bond acceptors (Lipinski definition) is 11. The molecular weight excluding hydrogens is 790 g/mol. The van der Waals surface area contributed by atoms with E-state index in [0.717, 1.165) is 111 Å². The number of amides is 3. The Bertz CT molecular complexity index is 2420. The van der Waals surface area contributed by atoms with Crippen molar-refractivity contribution in [2.75, 3.05) is 79.4 Å². The lowest BCUT2D eigenvalue weighted by molar-refractivity contribution is -0.134. The number of hydrogen-bond donors (Lipinski definition) is 3. The van der Waals surface area contributed by atoms with Crippen LogP contribution in [-0.2, 0) is 16.0 Å². The number of halogens is 1. The number of aromatic nitrogens is 4. The Morgan fingerprint density at radius 1 is 0.869 bits per heavy atom. The Hall–Kier alpha value is -5.73. The zero-order chi connectivity index (χ0) is 42.0. The highest BCUT2D eigenvalue weighted by Crippen LogP contribution is 2.40. The molecule has 15 heteroatoms. The van der Waals surface area contributed by atoms with E-state index in [2.05, 4.69) is 71.6 Å². The number of carbonyl (C=O) groups is 3. The summed E-state index contributed by atoms with van der Waals surface area (Å²) in [4.78, 5) is 55.0. The van der Waals surface area contributed by atoms with Gasteiger partial charge in [-0.25, -0.2) is 9.50 Å². The van der Waals surface area contributed by atoms with Crippen LogP contribution in [0.25, 0.3) is 16.9 Å². The molecule has 3 saturated heterocycles. The van der Waals surface area contributed by atoms with Gasteiger partial charge in [0, 0.05) is 87.3 Å². The van der Waals surface area contributed by atoms with Gasteiger partial charge in [-0.15, -0.1) is 5.10 Å². The number of imide groups is 1. The maximum atomic E-state index is 12.4. The quantitative estimate of drug-likeness (QED) is 0.134. The van der Waals surface area contributed by atoms with Crippen LogP contribution in [0, 0.1) is 5.92 Å². The van der Waals surface area contributed by atoms with Crippen LogP contribution in [0.2, 0.25) is 5.02 Å². The van der Waals surface area contributed by atoms with Gasteiger partial charge < -0.3 is 25.8 Å². The van der Waals surface area contributed by atoms with Crippen molar-refractivity contribution in [1.29, 1.82) is 0 Å². The van der Waals surface area contributed by atoms with Gasteiger partial charge in [-0.1, -0.05) is 49.1 Å². The van der Waals surface area contributed by atoms with Crippen LogP contribution in [0.4, 0.5) is 28.6 Å². The van der Waals surface area contributed by atoms with Crippen LogP contribution < -0.4 is 31.1 Å². The molecule has 10 rings (SSSR count). The molecule has 1 saturated carbocycles. The first-order valence-electron chi connectivity index (χ1n) is 21.8. The predicted molar refractivity (Wildman–Crippen MR) is 240 cm³/mol. The number of nitrogens with zero attached hydrogens (tertiary/aromatic N) is 8. The lowest BCUT2D eigenvalue weighted by Gasteiger charge is -2.38. The van der Waals surface area contributed by atoms with E-state index in [9.17, 15) is 14.4 Å². The highest BCUT2D eigenvalue weighted by molar-refractivity contribution is 6.32. The fourth-order valence-electron chi connectivity index (χ4n) is 9.14. The molecule has 4 aliphatic heterocycles. The van der Waals surface area contributed by atoms with Gasteiger partial charge in [-0.3, -0.25) is 29.6 Å². The van der Waals surface area contributed by atoms with E-state index in [0.29, 0.717) is 35.2 Å². The summed E-state index contributed by atoms with van der Waals surface area (Å²) in [5.41, 5.74) is 14.6. The minimum Gasteiger partial charge on any atom is -0.385 e. The minimum absolute atomic E-state index is 0.214. The summed E-state index contributed by atoms with van der Waals surface area (Å²) in [5, 5.41) is 11.0. The van der Waals surface area contributed by atoms with E-state index in [-0.39, 0.29) is 23.4 Å². The van der Waals surface area contributed by atoms with Crippen molar-refractivity contribution in [3.05, 3.63) is 88.8 Å². The average Bonchev–Trinajstić information content (AvgIpc) is 4.00. The largest absolute Gasteiger partial charge is 0.385 e. The van der Waals surface area contributed by atoms with Gasteiger partial charge in [0.2, 0.25) is 11.8 Å². The van der Waals surface area contributed by atoms with Crippen LogP contribution in [0.5, 0.6) is 0 Å². The lowest BCUT2D eigenvalue weighted by atomic mass is 9.90. The highest BCUT2D eigenvalue weighted by atomic mass is 35.5. The normalized spacial score (nSPS) is 19.4. The zero-order valence-electron chi connectivity index (χ0n) is 34.8. The first-order valence-corrected chi connectivity index (χ1v) is 22.2. The molecule has 4 fully saturated rings. The summed E-state index contributed by atoms with van der Waals surface area (Å²) in [6.45, 7) is 7.88. The molecule has 3 amide bonds. The molecule has 0 spiro atoms. The maximum Gasteiger partial charge on any atom is 0.269 e. The van der Waals surface area contributed by atoms with Crippen LogP contribution in [0.3, 0.4) is 0 Å². The van der Waals surface area contributed by atoms with Crippen molar-refractivity contribution in [1.82, 2.24) is 29.8 Å². The monoisotopic (exact) mass is 843 g/mol. The number of nitrogens with one attached hydrogen (secondary N) is 2. The third kappa shape index (κ3) is 8.74. The zero-order valence-corrected chi connectivity index (χ0v) is 35.5. The van der Waals surface area contributed by atoms with E-state index in [4.69, 9.17) is 27.4 Å². The standard InChI is InChI=1S/C43H48ClN11O3.C3H6/c1-46-36-24-39(50-55-38(41(45)57)26-48-42(36)55)54-18-14-32-31(3-2-4-37(32)54)35-9-6-29(25-47-35)53-21-19-51(20-22-53)15-11-27-12-16-52(17-13-27)28-5-7-30(34(44)23-28)33-8-10-40(56)49-43(33)58;1-2-3-1/h2-7,9,23-27,33,46H,8,10-22H2,1H3,(H2,45,57)(H,49,56,58);1-3H2. The maximum absolute atomic E-state index is 12.4. The van der Waals surface area contributed by atoms with Gasteiger partial charge in [-0.05, 0) is 86.0 Å². The second-order valence-corrected chi connectivity index (χ2v) is 17.2. The van der Waals surface area contributed by atoms with Crippen LogP contribution in [0.15, 0.2) is 67.0 Å². The van der Waals surface area contributed by atoms with E-state index in [1.807, 2.05) is 31.4 Å². The Labute approximate surface area is 361 Å². The molecule has 0 bridgehead atoms. The fraction of sp³-hybridized carbons (Fsp3) is 0.435. The number of piperidine rings is 2. The topological polar surface area (TPSA) is 157 Å². The molecule has 1 unspecified atom stereocenters. The summed E-state index contributed by atoms with van der Waals surface area (Å²) in [5.74, 6) is -0.0101. The van der Waals surface area contributed by atoms with Crippen LogP contribution in [-0.4, -0.2) is 102 Å². The van der Waals surface area contributed by atoms with Crippen LogP contribution >= 0.6 is 11.6 Å². The Balaban J connectivity index is 0.00000152. The number of piperazine rings is 1. The Morgan fingerprint density at radius 2 is 1.64 bits per heavy atom. The third-order valence-corrected chi connectivity index (χ3v) is 13.2. The molecular formula is C46H54ClN11O3. The number of nitrogens with two attached hydrogens (primary N) is 1. The number of imidazole rings is 1. The number of fused-ring (bicyclic) bond motifs is 2. The van der Waals surface area contributed by atoms with Gasteiger partial charge in [-0.2, -0.15) is 0 Å². The van der Waals surface area contributed by atoms with Gasteiger partial charge in [0.05, 0.1) is 35.4 Å². The Kier molecular flexibility index (Phi) is 11.8. The molecule has 4 N–H and O–H groups in total. The molecule has 1 aliphatic carbocycles. The van der Waals surface area contributed by atoms with Crippen LogP contribution in [0.1, 0.15) is 78.9 Å². The number of primary amides is 1. The summed E-state index contributed by atoms with van der Waals surface area (Å²) < 4.78 is 1.52. The van der Waals surface area contributed by atoms with Gasteiger partial charge in [0.1, 0.15) is 5.69 Å². The second kappa shape index (κ2) is 17.7. The smallest absolute Gasteiger partial charge is 0.269 e. The summed E-state index contributed by atoms with van der Waals surface area (Å²) in [6, 6.07) is 18.6. The van der Waals surface area contributed by atoms with Gasteiger partial charge >= 0.3 is 0 Å².